The summed E-state index contributed by atoms with van der Waals surface area (Å²) in [5.41, 5.74) is 0.377. The number of sulfone groups is 1. The monoisotopic (exact) mass is 209 g/mol. The Bertz CT molecular complexity index is 457. The second-order valence-corrected chi connectivity index (χ2v) is 5.07. The first-order chi connectivity index (χ1) is 6.60. The van der Waals surface area contributed by atoms with E-state index in [-0.39, 0.29) is 10.6 Å². The first-order valence-corrected chi connectivity index (χ1v) is 5.98. The second-order valence-electron chi connectivity index (χ2n) is 2.96. The Labute approximate surface area is 83.9 Å². The largest absolute Gasteiger partial charge is 0.224 e. The van der Waals surface area contributed by atoms with Crippen LogP contribution in [0, 0.1) is 11.3 Å². The summed E-state index contributed by atoms with van der Waals surface area (Å²) in [5.74, 6) is 0.127. The predicted octanol–water partition coefficient (Wildman–Crippen LogP) is 1.74. The fourth-order valence-electron chi connectivity index (χ4n) is 1.15. The average molecular weight is 209 g/mol. The predicted molar refractivity (Wildman–Crippen MR) is 53.5 cm³/mol. The molecule has 0 radical (unpaired) electrons. The van der Waals surface area contributed by atoms with Crippen LogP contribution in [0.2, 0.25) is 0 Å². The van der Waals surface area contributed by atoms with E-state index in [4.69, 9.17) is 5.26 Å². The lowest BCUT2D eigenvalue weighted by Gasteiger charge is -2.01. The Morgan fingerprint density at radius 2 is 2.14 bits per heavy atom. The van der Waals surface area contributed by atoms with Gasteiger partial charge in [-0.05, 0) is 24.6 Å². The average Bonchev–Trinajstić information content (AvgIpc) is 2.18. The van der Waals surface area contributed by atoms with E-state index in [0.29, 0.717) is 12.0 Å². The van der Waals surface area contributed by atoms with Crippen molar-refractivity contribution < 1.29 is 8.42 Å². The van der Waals surface area contributed by atoms with Gasteiger partial charge in [0.05, 0.1) is 22.3 Å². The lowest BCUT2D eigenvalue weighted by atomic mass is 10.2. The van der Waals surface area contributed by atoms with Gasteiger partial charge in [-0.15, -0.1) is 0 Å². The van der Waals surface area contributed by atoms with Crippen LogP contribution in [0.3, 0.4) is 0 Å². The van der Waals surface area contributed by atoms with Gasteiger partial charge in [-0.2, -0.15) is 5.26 Å². The van der Waals surface area contributed by atoms with Gasteiger partial charge in [0.2, 0.25) is 0 Å². The van der Waals surface area contributed by atoms with Crippen LogP contribution < -0.4 is 0 Å². The lowest BCUT2D eigenvalue weighted by molar-refractivity contribution is 0.594. The summed E-state index contributed by atoms with van der Waals surface area (Å²) in [6.45, 7) is 1.81. The zero-order valence-corrected chi connectivity index (χ0v) is 8.71. The van der Waals surface area contributed by atoms with Gasteiger partial charge in [0.15, 0.2) is 9.84 Å². The molecule has 0 unspecified atom stereocenters. The summed E-state index contributed by atoms with van der Waals surface area (Å²) in [4.78, 5) is 0.235. The third-order valence-corrected chi connectivity index (χ3v) is 3.71. The molecular formula is C10H11NO2S. The molecule has 0 bridgehead atoms. The minimum atomic E-state index is -3.19. The first kappa shape index (κ1) is 10.7. The molecule has 0 N–H and O–H groups in total. The van der Waals surface area contributed by atoms with Crippen molar-refractivity contribution in [3.05, 3.63) is 29.8 Å². The van der Waals surface area contributed by atoms with Gasteiger partial charge in [0, 0.05) is 0 Å². The molecule has 0 saturated carbocycles. The van der Waals surface area contributed by atoms with Crippen molar-refractivity contribution in [3.8, 4) is 6.07 Å². The van der Waals surface area contributed by atoms with Crippen LogP contribution in [0.25, 0.3) is 0 Å². The number of rotatable bonds is 3. The quantitative estimate of drug-likeness (QED) is 0.761. The molecule has 0 aliphatic heterocycles. The van der Waals surface area contributed by atoms with Crippen LogP contribution in [0.4, 0.5) is 0 Å². The Balaban J connectivity index is 3.15. The van der Waals surface area contributed by atoms with E-state index in [1.165, 1.54) is 12.1 Å². The Kier molecular flexibility index (Phi) is 3.26. The topological polar surface area (TPSA) is 57.9 Å². The molecule has 14 heavy (non-hydrogen) atoms. The SMILES string of the molecule is CCCS(=O)(=O)c1cccc(C#N)c1. The maximum atomic E-state index is 11.6. The molecule has 4 heteroatoms. The number of hydrogen-bond acceptors (Lipinski definition) is 3. The van der Waals surface area contributed by atoms with Crippen molar-refractivity contribution in [1.82, 2.24) is 0 Å². The second kappa shape index (κ2) is 4.25. The van der Waals surface area contributed by atoms with E-state index in [2.05, 4.69) is 0 Å². The molecule has 1 aromatic carbocycles. The molecular weight excluding hydrogens is 198 g/mol. The van der Waals surface area contributed by atoms with Gasteiger partial charge in [0.25, 0.3) is 0 Å². The molecule has 1 aromatic rings. The highest BCUT2D eigenvalue weighted by molar-refractivity contribution is 7.91. The van der Waals surface area contributed by atoms with Crippen LogP contribution >= 0.6 is 0 Å². The molecule has 0 fully saturated rings. The summed E-state index contributed by atoms with van der Waals surface area (Å²) < 4.78 is 23.2. The van der Waals surface area contributed by atoms with Crippen molar-refractivity contribution in [2.75, 3.05) is 5.75 Å². The number of benzene rings is 1. The molecule has 0 amide bonds. The summed E-state index contributed by atoms with van der Waals surface area (Å²) in [6.07, 6.45) is 0.582. The molecule has 0 atom stereocenters. The number of hydrogen-bond donors (Lipinski definition) is 0. The smallest absolute Gasteiger partial charge is 0.178 e. The molecule has 74 valence electrons. The van der Waals surface area contributed by atoms with E-state index in [1.54, 1.807) is 12.1 Å². The van der Waals surface area contributed by atoms with Gasteiger partial charge in [-0.1, -0.05) is 13.0 Å². The maximum Gasteiger partial charge on any atom is 0.178 e. The minimum absolute atomic E-state index is 0.127. The van der Waals surface area contributed by atoms with E-state index >= 15 is 0 Å². The van der Waals surface area contributed by atoms with Crippen LogP contribution in [-0.2, 0) is 9.84 Å². The van der Waals surface area contributed by atoms with Gasteiger partial charge in [-0.25, -0.2) is 8.42 Å². The summed E-state index contributed by atoms with van der Waals surface area (Å²) in [6, 6.07) is 8.02. The summed E-state index contributed by atoms with van der Waals surface area (Å²) in [5, 5.41) is 8.61. The van der Waals surface area contributed by atoms with Crippen molar-refractivity contribution in [2.24, 2.45) is 0 Å². The third kappa shape index (κ3) is 2.33. The highest BCUT2D eigenvalue weighted by Crippen LogP contribution is 2.13. The Morgan fingerprint density at radius 3 is 2.71 bits per heavy atom. The highest BCUT2D eigenvalue weighted by atomic mass is 32.2. The Morgan fingerprint density at radius 1 is 1.43 bits per heavy atom. The van der Waals surface area contributed by atoms with Crippen molar-refractivity contribution in [1.29, 1.82) is 5.26 Å². The van der Waals surface area contributed by atoms with Gasteiger partial charge < -0.3 is 0 Å². The fraction of sp³-hybridized carbons (Fsp3) is 0.300. The normalized spacial score (nSPS) is 10.9. The van der Waals surface area contributed by atoms with Crippen LogP contribution in [0.15, 0.2) is 29.2 Å². The zero-order chi connectivity index (χ0) is 10.6. The summed E-state index contributed by atoms with van der Waals surface area (Å²) >= 11 is 0. The minimum Gasteiger partial charge on any atom is -0.224 e. The molecule has 3 nitrogen and oxygen atoms in total. The molecule has 0 spiro atoms. The zero-order valence-electron chi connectivity index (χ0n) is 7.90. The first-order valence-electron chi connectivity index (χ1n) is 4.33. The van der Waals surface area contributed by atoms with E-state index < -0.39 is 9.84 Å². The molecule has 0 heterocycles. The van der Waals surface area contributed by atoms with E-state index in [9.17, 15) is 8.42 Å². The maximum absolute atomic E-state index is 11.6. The van der Waals surface area contributed by atoms with Crippen molar-refractivity contribution >= 4 is 9.84 Å². The lowest BCUT2D eigenvalue weighted by Crippen LogP contribution is -2.05. The van der Waals surface area contributed by atoms with E-state index in [0.717, 1.165) is 0 Å². The number of nitrogens with zero attached hydrogens (tertiary/aromatic N) is 1. The molecule has 0 aromatic heterocycles. The molecule has 0 aliphatic carbocycles. The highest BCUT2D eigenvalue weighted by Gasteiger charge is 2.12. The van der Waals surface area contributed by atoms with Crippen LogP contribution in [0.1, 0.15) is 18.9 Å². The molecule has 0 saturated heterocycles. The van der Waals surface area contributed by atoms with E-state index in [1.807, 2.05) is 13.0 Å². The molecule has 1 rings (SSSR count). The molecule has 0 aliphatic rings. The Hall–Kier alpha value is -1.34. The van der Waals surface area contributed by atoms with Gasteiger partial charge in [-0.3, -0.25) is 0 Å². The number of nitriles is 1. The van der Waals surface area contributed by atoms with Crippen molar-refractivity contribution in [2.45, 2.75) is 18.2 Å². The standard InChI is InChI=1S/C10H11NO2S/c1-2-6-14(12,13)10-5-3-4-9(7-10)8-11/h3-5,7H,2,6H2,1H3. The fourth-order valence-corrected chi connectivity index (χ4v) is 2.51. The van der Waals surface area contributed by atoms with Gasteiger partial charge >= 0.3 is 0 Å². The summed E-state index contributed by atoms with van der Waals surface area (Å²) in [7, 11) is -3.19. The van der Waals surface area contributed by atoms with Crippen LogP contribution in [-0.4, -0.2) is 14.2 Å². The van der Waals surface area contributed by atoms with Gasteiger partial charge in [0.1, 0.15) is 0 Å². The van der Waals surface area contributed by atoms with Crippen molar-refractivity contribution in [3.63, 3.8) is 0 Å². The van der Waals surface area contributed by atoms with Crippen LogP contribution in [0.5, 0.6) is 0 Å². The third-order valence-electron chi connectivity index (χ3n) is 1.80.